The molecule has 1 aromatic rings. The summed E-state index contributed by atoms with van der Waals surface area (Å²) >= 11 is 0. The first kappa shape index (κ1) is 14.7. The number of hydrogen-bond acceptors (Lipinski definition) is 6. The van der Waals surface area contributed by atoms with Gasteiger partial charge < -0.3 is 20.5 Å². The molecule has 3 N–H and O–H groups in total. The summed E-state index contributed by atoms with van der Waals surface area (Å²) in [6.07, 6.45) is 0.945. The van der Waals surface area contributed by atoms with Gasteiger partial charge in [0.1, 0.15) is 0 Å². The van der Waals surface area contributed by atoms with Gasteiger partial charge in [0, 0.05) is 25.4 Å². The molecule has 0 radical (unpaired) electrons. The summed E-state index contributed by atoms with van der Waals surface area (Å²) in [6.45, 7) is 5.57. The standard InChI is InChI=1S/C12H22N4O2/c1-4-5-18-11-6-9(2)14-12(16-11)15-10(7-13)8-17-3/h6,10H,4-5,7-8,13H2,1-3H3,(H,14,15,16). The van der Waals surface area contributed by atoms with Crippen molar-refractivity contribution in [3.63, 3.8) is 0 Å². The van der Waals surface area contributed by atoms with Crippen molar-refractivity contribution in [3.8, 4) is 5.88 Å². The van der Waals surface area contributed by atoms with Crippen molar-refractivity contribution in [3.05, 3.63) is 11.8 Å². The highest BCUT2D eigenvalue weighted by molar-refractivity contribution is 5.31. The molecule has 6 nitrogen and oxygen atoms in total. The number of hydrogen-bond donors (Lipinski definition) is 2. The average Bonchev–Trinajstić information content (AvgIpc) is 2.35. The van der Waals surface area contributed by atoms with E-state index in [-0.39, 0.29) is 6.04 Å². The SMILES string of the molecule is CCCOc1cc(C)nc(NC(CN)COC)n1. The van der Waals surface area contributed by atoms with E-state index >= 15 is 0 Å². The normalized spacial score (nSPS) is 12.2. The molecule has 6 heteroatoms. The third kappa shape index (κ3) is 4.85. The van der Waals surface area contributed by atoms with Gasteiger partial charge in [0.2, 0.25) is 11.8 Å². The molecule has 0 aromatic carbocycles. The number of nitrogens with two attached hydrogens (primary N) is 1. The Morgan fingerprint density at radius 1 is 1.44 bits per heavy atom. The molecule has 18 heavy (non-hydrogen) atoms. The number of nitrogens with zero attached hydrogens (tertiary/aromatic N) is 2. The van der Waals surface area contributed by atoms with Crippen molar-refractivity contribution in [2.24, 2.45) is 5.73 Å². The molecule has 0 saturated heterocycles. The zero-order chi connectivity index (χ0) is 13.4. The summed E-state index contributed by atoms with van der Waals surface area (Å²) < 4.78 is 10.6. The minimum Gasteiger partial charge on any atom is -0.478 e. The van der Waals surface area contributed by atoms with Crippen LogP contribution in [0.2, 0.25) is 0 Å². The molecule has 1 unspecified atom stereocenters. The zero-order valence-electron chi connectivity index (χ0n) is 11.3. The maximum Gasteiger partial charge on any atom is 0.226 e. The van der Waals surface area contributed by atoms with Gasteiger partial charge in [-0.15, -0.1) is 0 Å². The first-order valence-electron chi connectivity index (χ1n) is 6.13. The van der Waals surface area contributed by atoms with Crippen LogP contribution in [-0.4, -0.2) is 42.9 Å². The molecule has 0 aliphatic carbocycles. The number of methoxy groups -OCH3 is 1. The number of anilines is 1. The third-order valence-electron chi connectivity index (χ3n) is 2.27. The summed E-state index contributed by atoms with van der Waals surface area (Å²) in [7, 11) is 1.64. The van der Waals surface area contributed by atoms with Gasteiger partial charge in [0.25, 0.3) is 0 Å². The van der Waals surface area contributed by atoms with Crippen LogP contribution in [0.15, 0.2) is 6.07 Å². The maximum absolute atomic E-state index is 5.63. The number of aromatic nitrogens is 2. The smallest absolute Gasteiger partial charge is 0.226 e. The Hall–Kier alpha value is -1.40. The van der Waals surface area contributed by atoms with Gasteiger partial charge in [-0.2, -0.15) is 4.98 Å². The van der Waals surface area contributed by atoms with E-state index in [1.54, 1.807) is 7.11 Å². The lowest BCUT2D eigenvalue weighted by molar-refractivity contribution is 0.187. The largest absolute Gasteiger partial charge is 0.478 e. The highest BCUT2D eigenvalue weighted by Crippen LogP contribution is 2.12. The second kappa shape index (κ2) is 7.84. The molecule has 1 heterocycles. The fraction of sp³-hybridized carbons (Fsp3) is 0.667. The van der Waals surface area contributed by atoms with Gasteiger partial charge in [-0.25, -0.2) is 4.98 Å². The van der Waals surface area contributed by atoms with Crippen LogP contribution in [0.5, 0.6) is 5.88 Å². The first-order chi connectivity index (χ1) is 8.69. The highest BCUT2D eigenvalue weighted by Gasteiger charge is 2.09. The van der Waals surface area contributed by atoms with Gasteiger partial charge in [-0.1, -0.05) is 6.92 Å². The Morgan fingerprint density at radius 2 is 2.22 bits per heavy atom. The van der Waals surface area contributed by atoms with Gasteiger partial charge in [-0.3, -0.25) is 0 Å². The molecule has 0 bridgehead atoms. The fourth-order valence-corrected chi connectivity index (χ4v) is 1.44. The topological polar surface area (TPSA) is 82.3 Å². The third-order valence-corrected chi connectivity index (χ3v) is 2.27. The lowest BCUT2D eigenvalue weighted by Gasteiger charge is -2.16. The molecule has 0 amide bonds. The van der Waals surface area contributed by atoms with Crippen LogP contribution >= 0.6 is 0 Å². The number of ether oxygens (including phenoxy) is 2. The Morgan fingerprint density at radius 3 is 2.83 bits per heavy atom. The lowest BCUT2D eigenvalue weighted by Crippen LogP contribution is -2.33. The van der Waals surface area contributed by atoms with Gasteiger partial charge in [-0.05, 0) is 13.3 Å². The highest BCUT2D eigenvalue weighted by atomic mass is 16.5. The molecule has 0 fully saturated rings. The Bertz CT molecular complexity index is 360. The Balaban J connectivity index is 2.71. The first-order valence-corrected chi connectivity index (χ1v) is 6.13. The minimum atomic E-state index is -0.00387. The van der Waals surface area contributed by atoms with E-state index < -0.39 is 0 Å². The monoisotopic (exact) mass is 254 g/mol. The molecule has 102 valence electrons. The van der Waals surface area contributed by atoms with Crippen LogP contribution in [0.25, 0.3) is 0 Å². The quantitative estimate of drug-likeness (QED) is 0.719. The Labute approximate surface area is 108 Å². The molecule has 0 saturated carbocycles. The predicted molar refractivity (Wildman–Crippen MR) is 70.9 cm³/mol. The van der Waals surface area contributed by atoms with Crippen molar-refractivity contribution in [2.45, 2.75) is 26.3 Å². The average molecular weight is 254 g/mol. The number of nitrogens with one attached hydrogen (secondary N) is 1. The Kier molecular flexibility index (Phi) is 6.38. The van der Waals surface area contributed by atoms with Crippen molar-refractivity contribution < 1.29 is 9.47 Å². The zero-order valence-corrected chi connectivity index (χ0v) is 11.3. The van der Waals surface area contributed by atoms with Crippen LogP contribution in [0.1, 0.15) is 19.0 Å². The number of aryl methyl sites for hydroxylation is 1. The van der Waals surface area contributed by atoms with Crippen LogP contribution in [0.4, 0.5) is 5.95 Å². The number of rotatable bonds is 8. The summed E-state index contributed by atoms with van der Waals surface area (Å²) in [6, 6.07) is 1.81. The molecule has 0 aliphatic heterocycles. The molecular weight excluding hydrogens is 232 g/mol. The molecule has 1 atom stereocenters. The molecular formula is C12H22N4O2. The summed E-state index contributed by atoms with van der Waals surface area (Å²) in [5.74, 6) is 1.11. The van der Waals surface area contributed by atoms with E-state index in [9.17, 15) is 0 Å². The summed E-state index contributed by atoms with van der Waals surface area (Å²) in [5.41, 5.74) is 6.49. The van der Waals surface area contributed by atoms with Gasteiger partial charge in [0.15, 0.2) is 0 Å². The van der Waals surface area contributed by atoms with Crippen LogP contribution < -0.4 is 15.8 Å². The fourth-order valence-electron chi connectivity index (χ4n) is 1.44. The van der Waals surface area contributed by atoms with Gasteiger partial charge >= 0.3 is 0 Å². The van der Waals surface area contributed by atoms with Crippen LogP contribution in [0, 0.1) is 6.92 Å². The van der Waals surface area contributed by atoms with E-state index in [4.69, 9.17) is 15.2 Å². The van der Waals surface area contributed by atoms with Crippen LogP contribution in [-0.2, 0) is 4.74 Å². The predicted octanol–water partition coefficient (Wildman–Crippen LogP) is 0.959. The minimum absolute atomic E-state index is 0.00387. The maximum atomic E-state index is 5.63. The van der Waals surface area contributed by atoms with E-state index in [0.29, 0.717) is 31.6 Å². The van der Waals surface area contributed by atoms with E-state index in [2.05, 4.69) is 22.2 Å². The van der Waals surface area contributed by atoms with Crippen molar-refractivity contribution >= 4 is 5.95 Å². The second-order valence-electron chi connectivity index (χ2n) is 4.05. The summed E-state index contributed by atoms with van der Waals surface area (Å²) in [4.78, 5) is 8.58. The molecule has 0 spiro atoms. The van der Waals surface area contributed by atoms with E-state index in [1.807, 2.05) is 13.0 Å². The second-order valence-corrected chi connectivity index (χ2v) is 4.05. The van der Waals surface area contributed by atoms with Crippen LogP contribution in [0.3, 0.4) is 0 Å². The molecule has 1 rings (SSSR count). The molecule has 1 aromatic heterocycles. The van der Waals surface area contributed by atoms with Crippen molar-refractivity contribution in [2.75, 3.05) is 32.2 Å². The van der Waals surface area contributed by atoms with Crippen molar-refractivity contribution in [1.29, 1.82) is 0 Å². The van der Waals surface area contributed by atoms with Gasteiger partial charge in [0.05, 0.1) is 19.3 Å². The molecule has 0 aliphatic rings. The van der Waals surface area contributed by atoms with E-state index in [1.165, 1.54) is 0 Å². The van der Waals surface area contributed by atoms with E-state index in [0.717, 1.165) is 12.1 Å². The lowest BCUT2D eigenvalue weighted by atomic mass is 10.3. The summed E-state index contributed by atoms with van der Waals surface area (Å²) in [5, 5.41) is 3.14. The van der Waals surface area contributed by atoms with Crippen molar-refractivity contribution in [1.82, 2.24) is 9.97 Å².